The summed E-state index contributed by atoms with van der Waals surface area (Å²) in [5.41, 5.74) is 0. The molecule has 0 saturated carbocycles. The van der Waals surface area contributed by atoms with Crippen molar-refractivity contribution >= 4 is 24.3 Å². The summed E-state index contributed by atoms with van der Waals surface area (Å²) in [7, 11) is -5.33. The molecule has 1 heterocycles. The van der Waals surface area contributed by atoms with Crippen LogP contribution in [0, 0.1) is 0 Å². The van der Waals surface area contributed by atoms with Crippen molar-refractivity contribution in [3.63, 3.8) is 0 Å². The van der Waals surface area contributed by atoms with Gasteiger partial charge < -0.3 is 0 Å². The van der Waals surface area contributed by atoms with Crippen molar-refractivity contribution < 1.29 is 52.9 Å². The van der Waals surface area contributed by atoms with Crippen molar-refractivity contribution in [1.29, 1.82) is 0 Å². The molecule has 0 amide bonds. The summed E-state index contributed by atoms with van der Waals surface area (Å²) in [5.74, 6) is 0. The van der Waals surface area contributed by atoms with Crippen LogP contribution < -0.4 is 0 Å². The zero-order valence-corrected chi connectivity index (χ0v) is 15.0. The van der Waals surface area contributed by atoms with Crippen molar-refractivity contribution in [2.24, 2.45) is 0 Å². The van der Waals surface area contributed by atoms with Gasteiger partial charge in [-0.3, -0.25) is 0 Å². The molecule has 0 aromatic carbocycles. The van der Waals surface area contributed by atoms with Crippen LogP contribution in [0.5, 0.6) is 0 Å². The van der Waals surface area contributed by atoms with Gasteiger partial charge in [0.25, 0.3) is 0 Å². The van der Waals surface area contributed by atoms with E-state index >= 15 is 0 Å². The van der Waals surface area contributed by atoms with E-state index in [1.165, 1.54) is 0 Å². The molecule has 144 valence electrons. The van der Waals surface area contributed by atoms with E-state index < -0.39 is 79.0 Å². The first-order valence-electron chi connectivity index (χ1n) is 6.94. The van der Waals surface area contributed by atoms with E-state index in [2.05, 4.69) is 4.18 Å². The molecule has 1 aliphatic heterocycles. The predicted octanol–water partition coefficient (Wildman–Crippen LogP) is -4.50. The molecular weight excluding hydrogens is 419 g/mol. The van der Waals surface area contributed by atoms with E-state index in [0.29, 0.717) is 0 Å². The summed E-state index contributed by atoms with van der Waals surface area (Å²) in [4.78, 5) is -0.681. The molecule has 0 spiro atoms. The quantitative estimate of drug-likeness (QED) is 0.103. The van der Waals surface area contributed by atoms with Gasteiger partial charge in [-0.15, -0.1) is 0 Å². The van der Waals surface area contributed by atoms with Gasteiger partial charge in [0.1, 0.15) is 0 Å². The number of hydrogen-bond acceptors (Lipinski definition) is 11. The zero-order chi connectivity index (χ0) is 18.7. The molecule has 0 aliphatic carbocycles. The van der Waals surface area contributed by atoms with Gasteiger partial charge in [0.05, 0.1) is 0 Å². The number of aliphatic hydroxyl groups is 7. The Bertz CT molecular complexity index is 488. The molecule has 24 heavy (non-hydrogen) atoms. The second kappa shape index (κ2) is 9.16. The predicted molar refractivity (Wildman–Crippen MR) is 77.9 cm³/mol. The van der Waals surface area contributed by atoms with E-state index in [-0.39, 0.29) is 10.6 Å². The van der Waals surface area contributed by atoms with Crippen molar-refractivity contribution in [2.75, 3.05) is 13.2 Å². The molecular formula is C11H22O11SSe. The Morgan fingerprint density at radius 2 is 1.75 bits per heavy atom. The molecule has 0 bridgehead atoms. The Balaban J connectivity index is 2.89. The standard InChI is InChI=1S/C11H22O11SSe/c12-1-5(14)10(18)11(22-23(19,20)21)7(16)4-24-3-6(15)9(17)8(24)2-13/h5-18H,1-4H2/t5-,6+,7+,8+,9-,10+,11-,24?/m0/s1. The van der Waals surface area contributed by atoms with Crippen LogP contribution in [0.2, 0.25) is 15.5 Å². The Kier molecular flexibility index (Phi) is 8.46. The minimum absolute atomic E-state index is 0.110. The fraction of sp³-hybridized carbons (Fsp3) is 1.00. The van der Waals surface area contributed by atoms with E-state index in [9.17, 15) is 43.6 Å². The summed E-state index contributed by atoms with van der Waals surface area (Å²) >= 11 is -2.05. The SMILES string of the molecule is O=S(=O)([O-])O[C@H]([C@H](O)[C@@H](O)CO)[C@H](O)C[Se+]1C[C@@H](O)[C@H](O)[C@H]1CO. The van der Waals surface area contributed by atoms with Crippen LogP contribution in [0.3, 0.4) is 0 Å². The molecule has 11 nitrogen and oxygen atoms in total. The first-order chi connectivity index (χ1) is 11.0. The maximum atomic E-state index is 10.8. The third-order valence-electron chi connectivity index (χ3n) is 3.68. The van der Waals surface area contributed by atoms with Crippen LogP contribution in [0.4, 0.5) is 0 Å². The summed E-state index contributed by atoms with van der Waals surface area (Å²) in [5, 5.41) is 66.7. The fourth-order valence-electron chi connectivity index (χ4n) is 2.42. The third kappa shape index (κ3) is 5.83. The van der Waals surface area contributed by atoms with E-state index in [4.69, 9.17) is 5.11 Å². The monoisotopic (exact) mass is 442 g/mol. The Morgan fingerprint density at radius 1 is 1.17 bits per heavy atom. The van der Waals surface area contributed by atoms with Gasteiger partial charge in [0, 0.05) is 0 Å². The van der Waals surface area contributed by atoms with Gasteiger partial charge in [0.2, 0.25) is 0 Å². The van der Waals surface area contributed by atoms with Crippen LogP contribution >= 0.6 is 0 Å². The van der Waals surface area contributed by atoms with Gasteiger partial charge in [0.15, 0.2) is 0 Å². The maximum absolute atomic E-state index is 10.8. The van der Waals surface area contributed by atoms with Crippen LogP contribution in [0.25, 0.3) is 0 Å². The summed E-state index contributed by atoms with van der Waals surface area (Å²) in [6.07, 6.45) is -9.99. The van der Waals surface area contributed by atoms with Crippen LogP contribution in [-0.4, -0.2) is 112 Å². The van der Waals surface area contributed by atoms with Gasteiger partial charge in [-0.05, 0) is 0 Å². The topological polar surface area (TPSA) is 208 Å². The molecule has 1 rings (SSSR count). The molecule has 13 heteroatoms. The summed E-state index contributed by atoms with van der Waals surface area (Å²) in [6, 6.07) is 0. The molecule has 8 atom stereocenters. The number of hydrogen-bond donors (Lipinski definition) is 7. The molecule has 1 aliphatic rings. The molecule has 0 aromatic heterocycles. The average Bonchev–Trinajstić information content (AvgIpc) is 2.76. The van der Waals surface area contributed by atoms with Crippen LogP contribution in [0.1, 0.15) is 0 Å². The molecule has 7 N–H and O–H groups in total. The van der Waals surface area contributed by atoms with E-state index in [1.54, 1.807) is 0 Å². The normalized spacial score (nSPS) is 33.2. The van der Waals surface area contributed by atoms with Crippen molar-refractivity contribution in [1.82, 2.24) is 0 Å². The van der Waals surface area contributed by atoms with Crippen LogP contribution in [0.15, 0.2) is 0 Å². The van der Waals surface area contributed by atoms with Crippen molar-refractivity contribution in [3.8, 4) is 0 Å². The fourth-order valence-corrected chi connectivity index (χ4v) is 8.56. The van der Waals surface area contributed by atoms with Gasteiger partial charge in [-0.25, -0.2) is 0 Å². The van der Waals surface area contributed by atoms with Gasteiger partial charge >= 0.3 is 142 Å². The van der Waals surface area contributed by atoms with Gasteiger partial charge in [-0.2, -0.15) is 0 Å². The Morgan fingerprint density at radius 3 is 2.21 bits per heavy atom. The third-order valence-corrected chi connectivity index (χ3v) is 10.1. The van der Waals surface area contributed by atoms with E-state index in [1.807, 2.05) is 0 Å². The number of aliphatic hydroxyl groups excluding tert-OH is 7. The van der Waals surface area contributed by atoms with Crippen molar-refractivity contribution in [3.05, 3.63) is 0 Å². The molecule has 1 saturated heterocycles. The molecule has 1 fully saturated rings. The van der Waals surface area contributed by atoms with E-state index in [0.717, 1.165) is 0 Å². The summed E-state index contributed by atoms with van der Waals surface area (Å²) in [6.45, 7) is -1.42. The molecule has 0 radical (unpaired) electrons. The minimum atomic E-state index is -5.33. The molecule has 1 unspecified atom stereocenters. The Labute approximate surface area is 143 Å². The Hall–Kier alpha value is 0.109. The second-order valence-electron chi connectivity index (χ2n) is 5.43. The van der Waals surface area contributed by atoms with Crippen LogP contribution in [-0.2, 0) is 14.6 Å². The second-order valence-corrected chi connectivity index (χ2v) is 11.4. The van der Waals surface area contributed by atoms with Crippen molar-refractivity contribution in [2.45, 2.75) is 52.1 Å². The zero-order valence-electron chi connectivity index (χ0n) is 12.4. The number of rotatable bonds is 9. The van der Waals surface area contributed by atoms with Gasteiger partial charge in [-0.1, -0.05) is 0 Å². The average molecular weight is 441 g/mol. The molecule has 0 aromatic rings. The first kappa shape index (κ1) is 22.2. The summed E-state index contributed by atoms with van der Waals surface area (Å²) < 4.78 is 36.4. The first-order valence-corrected chi connectivity index (χ1v) is 11.7.